The number of nitrogens with one attached hydrogen (secondary N) is 1. The number of benzene rings is 1. The quantitative estimate of drug-likeness (QED) is 0.919. The molecule has 0 radical (unpaired) electrons. The normalized spacial score (nSPS) is 11.6. The molecule has 1 heterocycles. The third-order valence-electron chi connectivity index (χ3n) is 2.34. The van der Waals surface area contributed by atoms with Crippen molar-refractivity contribution < 1.29 is 4.39 Å². The second-order valence-corrected chi connectivity index (χ2v) is 4.00. The van der Waals surface area contributed by atoms with Crippen molar-refractivity contribution in [2.75, 3.05) is 5.32 Å². The Labute approximate surface area is 109 Å². The number of rotatable bonds is 3. The van der Waals surface area contributed by atoms with Crippen molar-refractivity contribution in [3.05, 3.63) is 59.1 Å². The summed E-state index contributed by atoms with van der Waals surface area (Å²) in [5.41, 5.74) is 1.17. The van der Waals surface area contributed by atoms with Crippen molar-refractivity contribution in [2.45, 2.75) is 6.04 Å². The number of anilines is 1. The smallest absolute Gasteiger partial charge is 0.157 e. The molecule has 1 aromatic heterocycles. The molecule has 1 unspecified atom stereocenters. The van der Waals surface area contributed by atoms with Crippen molar-refractivity contribution in [1.82, 2.24) is 4.98 Å². The van der Waals surface area contributed by atoms with E-state index in [-0.39, 0.29) is 5.02 Å². The van der Waals surface area contributed by atoms with E-state index in [9.17, 15) is 4.39 Å². The molecule has 5 heteroatoms. The maximum atomic E-state index is 13.0. The van der Waals surface area contributed by atoms with Gasteiger partial charge in [0.15, 0.2) is 6.04 Å². The Morgan fingerprint density at radius 3 is 2.78 bits per heavy atom. The monoisotopic (exact) mass is 261 g/mol. The minimum absolute atomic E-state index is 0.0118. The van der Waals surface area contributed by atoms with Crippen LogP contribution >= 0.6 is 11.6 Å². The van der Waals surface area contributed by atoms with Crippen molar-refractivity contribution in [3.8, 4) is 6.07 Å². The lowest BCUT2D eigenvalue weighted by Gasteiger charge is -2.12. The minimum atomic E-state index is -0.604. The third-order valence-corrected chi connectivity index (χ3v) is 2.63. The molecule has 1 atom stereocenters. The fourth-order valence-corrected chi connectivity index (χ4v) is 1.65. The van der Waals surface area contributed by atoms with E-state index >= 15 is 0 Å². The second kappa shape index (κ2) is 5.48. The molecule has 1 N–H and O–H groups in total. The molecule has 2 aromatic rings. The van der Waals surface area contributed by atoms with E-state index in [1.54, 1.807) is 24.4 Å². The Balaban J connectivity index is 2.21. The average molecular weight is 262 g/mol. The molecule has 3 nitrogen and oxygen atoms in total. The first-order valence-corrected chi connectivity index (χ1v) is 5.60. The summed E-state index contributed by atoms with van der Waals surface area (Å²) in [6.45, 7) is 0. The summed E-state index contributed by atoms with van der Waals surface area (Å²) in [6.07, 6.45) is 1.61. The van der Waals surface area contributed by atoms with E-state index in [0.29, 0.717) is 11.4 Å². The predicted molar refractivity (Wildman–Crippen MR) is 67.6 cm³/mol. The van der Waals surface area contributed by atoms with Crippen molar-refractivity contribution in [2.24, 2.45) is 0 Å². The maximum Gasteiger partial charge on any atom is 0.157 e. The summed E-state index contributed by atoms with van der Waals surface area (Å²) in [6, 6.07) is 11.0. The molecule has 0 fully saturated rings. The van der Waals surface area contributed by atoms with Crippen LogP contribution in [0.2, 0.25) is 5.02 Å². The number of hydrogen-bond acceptors (Lipinski definition) is 3. The van der Waals surface area contributed by atoms with Crippen LogP contribution in [0.1, 0.15) is 11.7 Å². The van der Waals surface area contributed by atoms with Crippen LogP contribution in [0, 0.1) is 17.1 Å². The van der Waals surface area contributed by atoms with Gasteiger partial charge in [0, 0.05) is 11.9 Å². The average Bonchev–Trinajstić information content (AvgIpc) is 2.41. The Morgan fingerprint density at radius 1 is 1.33 bits per heavy atom. The third kappa shape index (κ3) is 2.76. The molecule has 0 aliphatic heterocycles. The van der Waals surface area contributed by atoms with E-state index in [4.69, 9.17) is 16.9 Å². The fourth-order valence-electron chi connectivity index (χ4n) is 1.47. The van der Waals surface area contributed by atoms with Crippen molar-refractivity contribution in [1.29, 1.82) is 5.26 Å². The highest BCUT2D eigenvalue weighted by Gasteiger charge is 2.11. The van der Waals surface area contributed by atoms with Crippen LogP contribution in [-0.2, 0) is 0 Å². The summed E-state index contributed by atoms with van der Waals surface area (Å²) in [7, 11) is 0. The van der Waals surface area contributed by atoms with Gasteiger partial charge in [0.25, 0.3) is 0 Å². The molecule has 0 amide bonds. The molecule has 0 aliphatic rings. The van der Waals surface area contributed by atoms with Gasteiger partial charge in [-0.15, -0.1) is 0 Å². The first-order valence-electron chi connectivity index (χ1n) is 5.23. The number of aromatic nitrogens is 1. The molecule has 0 aliphatic carbocycles. The lowest BCUT2D eigenvalue weighted by molar-refractivity contribution is 0.628. The van der Waals surface area contributed by atoms with E-state index in [0.717, 1.165) is 0 Å². The van der Waals surface area contributed by atoms with Crippen LogP contribution < -0.4 is 5.32 Å². The largest absolute Gasteiger partial charge is 0.365 e. The van der Waals surface area contributed by atoms with Gasteiger partial charge in [-0.3, -0.25) is 4.98 Å². The van der Waals surface area contributed by atoms with Crippen LogP contribution in [0.25, 0.3) is 0 Å². The molecular formula is C13H9ClFN3. The molecule has 0 saturated carbocycles. The Bertz CT molecular complexity index is 581. The highest BCUT2D eigenvalue weighted by atomic mass is 35.5. The van der Waals surface area contributed by atoms with Crippen LogP contribution in [0.3, 0.4) is 0 Å². The zero-order valence-corrected chi connectivity index (χ0v) is 10.0. The van der Waals surface area contributed by atoms with Gasteiger partial charge in [-0.25, -0.2) is 4.39 Å². The molecule has 2 rings (SSSR count). The van der Waals surface area contributed by atoms with Gasteiger partial charge in [0.05, 0.1) is 16.8 Å². The molecule has 18 heavy (non-hydrogen) atoms. The van der Waals surface area contributed by atoms with Gasteiger partial charge >= 0.3 is 0 Å². The summed E-state index contributed by atoms with van der Waals surface area (Å²) >= 11 is 5.67. The topological polar surface area (TPSA) is 48.7 Å². The van der Waals surface area contributed by atoms with Gasteiger partial charge < -0.3 is 5.32 Å². The lowest BCUT2D eigenvalue weighted by atomic mass is 10.2. The highest BCUT2D eigenvalue weighted by Crippen LogP contribution is 2.22. The molecule has 0 bridgehead atoms. The number of nitriles is 1. The van der Waals surface area contributed by atoms with E-state index in [1.807, 2.05) is 0 Å². The van der Waals surface area contributed by atoms with Crippen LogP contribution in [0.4, 0.5) is 10.1 Å². The Hall–Kier alpha value is -2.12. The number of pyridine rings is 1. The summed E-state index contributed by atoms with van der Waals surface area (Å²) in [5.74, 6) is -0.492. The Kier molecular flexibility index (Phi) is 3.75. The standard InChI is InChI=1S/C13H9ClFN3/c14-10-7-9(4-5-11(10)15)18-13(8-16)12-3-1-2-6-17-12/h1-7,13,18H. The van der Waals surface area contributed by atoms with Gasteiger partial charge in [-0.1, -0.05) is 17.7 Å². The van der Waals surface area contributed by atoms with E-state index < -0.39 is 11.9 Å². The first kappa shape index (κ1) is 12.3. The van der Waals surface area contributed by atoms with Gasteiger partial charge in [0.1, 0.15) is 5.82 Å². The van der Waals surface area contributed by atoms with Gasteiger partial charge in [-0.2, -0.15) is 5.26 Å². The number of nitrogens with zero attached hydrogens (tertiary/aromatic N) is 2. The molecule has 90 valence electrons. The lowest BCUT2D eigenvalue weighted by Crippen LogP contribution is -2.10. The molecule has 0 saturated heterocycles. The van der Waals surface area contributed by atoms with Crippen molar-refractivity contribution in [3.63, 3.8) is 0 Å². The number of hydrogen-bond donors (Lipinski definition) is 1. The SMILES string of the molecule is N#CC(Nc1ccc(F)c(Cl)c1)c1ccccn1. The van der Waals surface area contributed by atoms with Crippen LogP contribution in [0.15, 0.2) is 42.6 Å². The van der Waals surface area contributed by atoms with Gasteiger partial charge in [-0.05, 0) is 30.3 Å². The fraction of sp³-hybridized carbons (Fsp3) is 0.0769. The summed E-state index contributed by atoms with van der Waals surface area (Å²) in [4.78, 5) is 4.09. The number of halogens is 2. The second-order valence-electron chi connectivity index (χ2n) is 3.59. The van der Waals surface area contributed by atoms with Crippen LogP contribution in [0.5, 0.6) is 0 Å². The van der Waals surface area contributed by atoms with Gasteiger partial charge in [0.2, 0.25) is 0 Å². The van der Waals surface area contributed by atoms with Crippen molar-refractivity contribution >= 4 is 17.3 Å². The first-order chi connectivity index (χ1) is 8.70. The maximum absolute atomic E-state index is 13.0. The highest BCUT2D eigenvalue weighted by molar-refractivity contribution is 6.31. The zero-order chi connectivity index (χ0) is 13.0. The Morgan fingerprint density at radius 2 is 2.17 bits per heavy atom. The summed E-state index contributed by atoms with van der Waals surface area (Å²) < 4.78 is 13.0. The molecular weight excluding hydrogens is 253 g/mol. The molecule has 1 aromatic carbocycles. The predicted octanol–water partition coefficient (Wildman–Crippen LogP) is 3.55. The van der Waals surface area contributed by atoms with Crippen LogP contribution in [-0.4, -0.2) is 4.98 Å². The van der Waals surface area contributed by atoms with E-state index in [1.165, 1.54) is 18.2 Å². The minimum Gasteiger partial charge on any atom is -0.365 e. The van der Waals surface area contributed by atoms with E-state index in [2.05, 4.69) is 16.4 Å². The zero-order valence-electron chi connectivity index (χ0n) is 9.27. The summed E-state index contributed by atoms with van der Waals surface area (Å²) in [5, 5.41) is 12.1. The molecule has 0 spiro atoms.